The molecule has 0 aliphatic heterocycles. The Labute approximate surface area is 89.7 Å². The molecule has 2 aromatic heterocycles. The molecule has 0 radical (unpaired) electrons. The highest BCUT2D eigenvalue weighted by molar-refractivity contribution is 7.09. The average molecular weight is 223 g/mol. The fraction of sp³-hybridized carbons (Fsp3) is 0.250. The molecule has 0 fully saturated rings. The molecule has 0 aromatic carbocycles. The van der Waals surface area contributed by atoms with Gasteiger partial charge < -0.3 is 5.32 Å². The third kappa shape index (κ3) is 2.59. The molecule has 0 aliphatic carbocycles. The number of aromatic amines is 1. The number of hydrogen-bond donors (Lipinski definition) is 2. The van der Waals surface area contributed by atoms with Crippen molar-refractivity contribution in [1.29, 1.82) is 0 Å². The predicted octanol–water partition coefficient (Wildman–Crippen LogP) is 0.234. The second-order valence-electron chi connectivity index (χ2n) is 2.79. The Morgan fingerprint density at radius 1 is 1.60 bits per heavy atom. The summed E-state index contributed by atoms with van der Waals surface area (Å²) < 4.78 is 0. The van der Waals surface area contributed by atoms with Crippen LogP contribution in [0.5, 0.6) is 0 Å². The van der Waals surface area contributed by atoms with Crippen molar-refractivity contribution in [2.45, 2.75) is 6.42 Å². The van der Waals surface area contributed by atoms with Crippen LogP contribution < -0.4 is 5.32 Å². The molecule has 0 saturated carbocycles. The predicted molar refractivity (Wildman–Crippen MR) is 54.5 cm³/mol. The zero-order chi connectivity index (χ0) is 10.5. The van der Waals surface area contributed by atoms with Crippen molar-refractivity contribution >= 4 is 17.2 Å². The summed E-state index contributed by atoms with van der Waals surface area (Å²) in [5.41, 5.74) is 0.300. The normalized spacial score (nSPS) is 10.1. The van der Waals surface area contributed by atoms with Crippen LogP contribution in [0.2, 0.25) is 0 Å². The number of rotatable bonds is 4. The van der Waals surface area contributed by atoms with Gasteiger partial charge in [0.05, 0.1) is 11.2 Å². The number of thiazole rings is 1. The molecule has 1 amide bonds. The summed E-state index contributed by atoms with van der Waals surface area (Å²) in [6.45, 7) is 0.555. The summed E-state index contributed by atoms with van der Waals surface area (Å²) in [6.07, 6.45) is 3.87. The maximum Gasteiger partial charge on any atom is 0.273 e. The second kappa shape index (κ2) is 4.65. The van der Waals surface area contributed by atoms with Gasteiger partial charge in [-0.15, -0.1) is 11.3 Å². The van der Waals surface area contributed by atoms with E-state index in [0.29, 0.717) is 12.2 Å². The minimum absolute atomic E-state index is 0.222. The summed E-state index contributed by atoms with van der Waals surface area (Å²) in [6, 6.07) is 0. The number of hydrogen-bond acceptors (Lipinski definition) is 5. The molecule has 0 saturated heterocycles. The topological polar surface area (TPSA) is 83.6 Å². The first-order valence-electron chi connectivity index (χ1n) is 4.38. The zero-order valence-electron chi connectivity index (χ0n) is 7.80. The molecule has 6 nitrogen and oxygen atoms in total. The van der Waals surface area contributed by atoms with Gasteiger partial charge in [0.1, 0.15) is 0 Å². The van der Waals surface area contributed by atoms with Crippen LogP contribution in [-0.2, 0) is 6.42 Å². The molecular weight excluding hydrogens is 214 g/mol. The Morgan fingerprint density at radius 3 is 3.20 bits per heavy atom. The van der Waals surface area contributed by atoms with Gasteiger partial charge in [0, 0.05) is 24.5 Å². The third-order valence-electron chi connectivity index (χ3n) is 1.76. The van der Waals surface area contributed by atoms with Crippen LogP contribution in [-0.4, -0.2) is 32.8 Å². The second-order valence-corrected chi connectivity index (χ2v) is 3.77. The summed E-state index contributed by atoms with van der Waals surface area (Å²) >= 11 is 1.58. The first-order valence-corrected chi connectivity index (χ1v) is 5.26. The smallest absolute Gasteiger partial charge is 0.273 e. The number of carbonyl (C=O) groups excluding carboxylic acids is 1. The summed E-state index contributed by atoms with van der Waals surface area (Å²) in [5, 5.41) is 15.3. The van der Waals surface area contributed by atoms with Crippen LogP contribution in [0.1, 0.15) is 15.5 Å². The number of H-pyrrole nitrogens is 1. The van der Waals surface area contributed by atoms with Crippen LogP contribution in [0.25, 0.3) is 0 Å². The van der Waals surface area contributed by atoms with E-state index in [2.05, 4.69) is 25.7 Å². The molecular formula is C8H9N5OS. The van der Waals surface area contributed by atoms with E-state index in [1.54, 1.807) is 17.5 Å². The molecule has 0 unspecified atom stereocenters. The van der Waals surface area contributed by atoms with Gasteiger partial charge in [0.2, 0.25) is 0 Å². The molecule has 7 heteroatoms. The van der Waals surface area contributed by atoms with Gasteiger partial charge in [0.15, 0.2) is 5.69 Å². The lowest BCUT2D eigenvalue weighted by molar-refractivity contribution is 0.0949. The monoisotopic (exact) mass is 223 g/mol. The van der Waals surface area contributed by atoms with Gasteiger partial charge in [-0.3, -0.25) is 4.79 Å². The lowest BCUT2D eigenvalue weighted by Crippen LogP contribution is -2.25. The molecule has 15 heavy (non-hydrogen) atoms. The molecule has 0 aliphatic rings. The number of carbonyl (C=O) groups is 1. The van der Waals surface area contributed by atoms with Crippen molar-refractivity contribution in [1.82, 2.24) is 25.7 Å². The largest absolute Gasteiger partial charge is 0.350 e. The van der Waals surface area contributed by atoms with Gasteiger partial charge in [-0.2, -0.15) is 15.4 Å². The molecule has 2 N–H and O–H groups in total. The summed E-state index contributed by atoms with van der Waals surface area (Å²) in [7, 11) is 0. The Kier molecular flexibility index (Phi) is 3.03. The lowest BCUT2D eigenvalue weighted by atomic mass is 10.4. The average Bonchev–Trinajstić information content (AvgIpc) is 2.90. The first-order chi connectivity index (χ1) is 7.36. The van der Waals surface area contributed by atoms with Crippen molar-refractivity contribution in [2.75, 3.05) is 6.54 Å². The molecule has 0 bridgehead atoms. The number of nitrogens with zero attached hydrogens (tertiary/aromatic N) is 3. The van der Waals surface area contributed by atoms with Crippen LogP contribution >= 0.6 is 11.3 Å². The van der Waals surface area contributed by atoms with E-state index in [4.69, 9.17) is 0 Å². The molecule has 2 rings (SSSR count). The first kappa shape index (κ1) is 9.78. The Bertz CT molecular complexity index is 410. The highest BCUT2D eigenvalue weighted by Gasteiger charge is 2.07. The van der Waals surface area contributed by atoms with Crippen molar-refractivity contribution in [2.24, 2.45) is 0 Å². The van der Waals surface area contributed by atoms with E-state index in [1.165, 1.54) is 6.20 Å². The van der Waals surface area contributed by atoms with E-state index in [1.807, 2.05) is 5.38 Å². The Hall–Kier alpha value is -1.76. The minimum Gasteiger partial charge on any atom is -0.350 e. The molecule has 0 spiro atoms. The van der Waals surface area contributed by atoms with Crippen LogP contribution in [0.4, 0.5) is 0 Å². The highest BCUT2D eigenvalue weighted by atomic mass is 32.1. The zero-order valence-corrected chi connectivity index (χ0v) is 8.62. The number of amides is 1. The van der Waals surface area contributed by atoms with Gasteiger partial charge in [-0.25, -0.2) is 4.98 Å². The van der Waals surface area contributed by atoms with Crippen molar-refractivity contribution < 1.29 is 4.79 Å². The molecule has 0 atom stereocenters. The van der Waals surface area contributed by atoms with E-state index < -0.39 is 0 Å². The van der Waals surface area contributed by atoms with Crippen molar-refractivity contribution in [3.8, 4) is 0 Å². The van der Waals surface area contributed by atoms with Crippen LogP contribution in [0.15, 0.2) is 17.8 Å². The quantitative estimate of drug-likeness (QED) is 0.777. The standard InChI is InChI=1S/C8H9N5OS/c14-8(6-5-11-13-12-6)10-2-1-7-9-3-4-15-7/h3-5H,1-2H2,(H,10,14)(H,11,12,13). The van der Waals surface area contributed by atoms with Gasteiger partial charge in [0.25, 0.3) is 5.91 Å². The lowest BCUT2D eigenvalue weighted by Gasteiger charge is -1.99. The SMILES string of the molecule is O=C(NCCc1nccs1)c1cn[nH]n1. The fourth-order valence-electron chi connectivity index (χ4n) is 1.06. The maximum absolute atomic E-state index is 11.4. The van der Waals surface area contributed by atoms with Crippen LogP contribution in [0, 0.1) is 0 Å². The fourth-order valence-corrected chi connectivity index (χ4v) is 1.68. The Morgan fingerprint density at radius 2 is 2.53 bits per heavy atom. The van der Waals surface area contributed by atoms with Crippen molar-refractivity contribution in [3.63, 3.8) is 0 Å². The van der Waals surface area contributed by atoms with Gasteiger partial charge >= 0.3 is 0 Å². The van der Waals surface area contributed by atoms with E-state index in [9.17, 15) is 4.79 Å². The van der Waals surface area contributed by atoms with E-state index in [-0.39, 0.29) is 5.91 Å². The third-order valence-corrected chi connectivity index (χ3v) is 2.59. The number of nitrogens with one attached hydrogen (secondary N) is 2. The summed E-state index contributed by atoms with van der Waals surface area (Å²) in [4.78, 5) is 15.5. The minimum atomic E-state index is -0.222. The van der Waals surface area contributed by atoms with E-state index in [0.717, 1.165) is 11.4 Å². The molecule has 2 aromatic rings. The van der Waals surface area contributed by atoms with Crippen molar-refractivity contribution in [3.05, 3.63) is 28.5 Å². The highest BCUT2D eigenvalue weighted by Crippen LogP contribution is 2.03. The molecule has 2 heterocycles. The maximum atomic E-state index is 11.4. The van der Waals surface area contributed by atoms with Crippen LogP contribution in [0.3, 0.4) is 0 Å². The van der Waals surface area contributed by atoms with Gasteiger partial charge in [-0.1, -0.05) is 0 Å². The Balaban J connectivity index is 1.77. The van der Waals surface area contributed by atoms with Gasteiger partial charge in [-0.05, 0) is 0 Å². The van der Waals surface area contributed by atoms with E-state index >= 15 is 0 Å². The summed E-state index contributed by atoms with van der Waals surface area (Å²) in [5.74, 6) is -0.222. The number of aromatic nitrogens is 4. The molecule has 78 valence electrons.